The molecule has 20 heavy (non-hydrogen) atoms. The van der Waals surface area contributed by atoms with Gasteiger partial charge in [-0.2, -0.15) is 0 Å². The quantitative estimate of drug-likeness (QED) is 0.767. The maximum Gasteiger partial charge on any atom is 0.137 e. The summed E-state index contributed by atoms with van der Waals surface area (Å²) in [6.07, 6.45) is 8.81. The van der Waals surface area contributed by atoms with Gasteiger partial charge in [0.1, 0.15) is 16.8 Å². The molecule has 3 rings (SSSR count). The number of hydrogen-bond acceptors (Lipinski definition) is 3. The van der Waals surface area contributed by atoms with Gasteiger partial charge < -0.3 is 4.90 Å². The van der Waals surface area contributed by atoms with E-state index in [0.717, 1.165) is 23.8 Å². The van der Waals surface area contributed by atoms with Crippen molar-refractivity contribution in [2.75, 3.05) is 11.4 Å². The maximum absolute atomic E-state index is 6.36. The second kappa shape index (κ2) is 5.88. The Morgan fingerprint density at radius 3 is 2.70 bits per heavy atom. The van der Waals surface area contributed by atoms with E-state index in [2.05, 4.69) is 23.7 Å². The molecule has 0 N–H and O–H groups in total. The van der Waals surface area contributed by atoms with Gasteiger partial charge >= 0.3 is 0 Å². The third kappa shape index (κ3) is 2.78. The van der Waals surface area contributed by atoms with Crippen LogP contribution < -0.4 is 4.90 Å². The molecular weight excluding hydrogens is 270 g/mol. The Hall–Kier alpha value is -0.830. The van der Waals surface area contributed by atoms with Crippen molar-refractivity contribution in [3.05, 3.63) is 16.5 Å². The fraction of sp³-hybridized carbons (Fsp3) is 0.750. The molecule has 2 aliphatic rings. The maximum atomic E-state index is 6.36. The Balaban J connectivity index is 1.93. The molecule has 2 fully saturated rings. The van der Waals surface area contributed by atoms with Crippen molar-refractivity contribution in [2.24, 2.45) is 0 Å². The zero-order valence-electron chi connectivity index (χ0n) is 12.5. The third-order valence-corrected chi connectivity index (χ3v) is 4.91. The highest BCUT2D eigenvalue weighted by atomic mass is 35.5. The average Bonchev–Trinajstić information content (AvgIpc) is 3.27. The van der Waals surface area contributed by atoms with Crippen LogP contribution in [0.5, 0.6) is 0 Å². The van der Waals surface area contributed by atoms with Gasteiger partial charge in [0.25, 0.3) is 0 Å². The summed E-state index contributed by atoms with van der Waals surface area (Å²) in [5.74, 6) is 2.63. The second-order valence-corrected chi connectivity index (χ2v) is 6.59. The van der Waals surface area contributed by atoms with Crippen molar-refractivity contribution in [3.8, 4) is 0 Å². The molecule has 110 valence electrons. The molecule has 1 unspecified atom stereocenters. The first kappa shape index (κ1) is 14.1. The molecule has 1 aliphatic heterocycles. The minimum Gasteiger partial charge on any atom is -0.353 e. The van der Waals surface area contributed by atoms with Gasteiger partial charge in [-0.05, 0) is 45.4 Å². The Bertz CT molecular complexity index is 483. The van der Waals surface area contributed by atoms with Gasteiger partial charge in [-0.15, -0.1) is 0 Å². The summed E-state index contributed by atoms with van der Waals surface area (Å²) >= 11 is 6.36. The third-order valence-electron chi connectivity index (χ3n) is 4.54. The van der Waals surface area contributed by atoms with Gasteiger partial charge in [0.2, 0.25) is 0 Å². The molecule has 1 aromatic heterocycles. The molecule has 1 saturated carbocycles. The second-order valence-electron chi connectivity index (χ2n) is 6.23. The number of anilines is 1. The highest BCUT2D eigenvalue weighted by Crippen LogP contribution is 2.40. The lowest BCUT2D eigenvalue weighted by molar-refractivity contribution is 0.430. The summed E-state index contributed by atoms with van der Waals surface area (Å²) in [5, 5.41) is 0.651. The van der Waals surface area contributed by atoms with Gasteiger partial charge in [0, 0.05) is 24.1 Å². The summed E-state index contributed by atoms with van der Waals surface area (Å²) < 4.78 is 0. The largest absolute Gasteiger partial charge is 0.353 e. The van der Waals surface area contributed by atoms with E-state index in [9.17, 15) is 0 Å². The fourth-order valence-electron chi connectivity index (χ4n) is 3.21. The van der Waals surface area contributed by atoms with Crippen LogP contribution in [0, 0.1) is 6.92 Å². The molecule has 1 saturated heterocycles. The van der Waals surface area contributed by atoms with E-state index in [1.54, 1.807) is 0 Å². The van der Waals surface area contributed by atoms with Gasteiger partial charge in [0.05, 0.1) is 0 Å². The van der Waals surface area contributed by atoms with Crippen molar-refractivity contribution in [1.82, 2.24) is 9.97 Å². The van der Waals surface area contributed by atoms with Crippen LogP contribution >= 0.6 is 11.6 Å². The van der Waals surface area contributed by atoms with E-state index in [-0.39, 0.29) is 0 Å². The van der Waals surface area contributed by atoms with Crippen LogP contribution in [0.1, 0.15) is 69.2 Å². The minimum absolute atomic E-state index is 0.557. The summed E-state index contributed by atoms with van der Waals surface area (Å²) in [6, 6.07) is 0.630. The van der Waals surface area contributed by atoms with Crippen molar-refractivity contribution < 1.29 is 0 Å². The van der Waals surface area contributed by atoms with Gasteiger partial charge in [-0.1, -0.05) is 24.9 Å². The highest BCUT2D eigenvalue weighted by Gasteiger charge is 2.30. The predicted molar refractivity (Wildman–Crippen MR) is 83.6 cm³/mol. The summed E-state index contributed by atoms with van der Waals surface area (Å²) in [6.45, 7) is 5.44. The summed E-state index contributed by atoms with van der Waals surface area (Å²) in [7, 11) is 0. The van der Waals surface area contributed by atoms with E-state index in [4.69, 9.17) is 16.6 Å². The molecule has 0 spiro atoms. The van der Waals surface area contributed by atoms with Crippen molar-refractivity contribution in [3.63, 3.8) is 0 Å². The molecule has 2 heterocycles. The first-order valence-electron chi connectivity index (χ1n) is 8.01. The molecule has 1 atom stereocenters. The molecular formula is C16H24ClN3. The topological polar surface area (TPSA) is 29.0 Å². The van der Waals surface area contributed by atoms with Crippen LogP contribution in [-0.4, -0.2) is 22.6 Å². The van der Waals surface area contributed by atoms with Crippen LogP contribution in [0.3, 0.4) is 0 Å². The number of hydrogen-bond donors (Lipinski definition) is 0. The number of aromatic nitrogens is 2. The zero-order valence-corrected chi connectivity index (χ0v) is 13.3. The van der Waals surface area contributed by atoms with Gasteiger partial charge in [-0.25, -0.2) is 9.97 Å². The SMILES string of the molecule is CCCC1CCCCN1c1nc(C2CC2)nc(Cl)c1C. The Kier molecular flexibility index (Phi) is 4.16. The van der Waals surface area contributed by atoms with Crippen molar-refractivity contribution >= 4 is 17.4 Å². The predicted octanol–water partition coefficient (Wildman–Crippen LogP) is 4.47. The Labute approximate surface area is 126 Å². The van der Waals surface area contributed by atoms with Gasteiger partial charge in [0.15, 0.2) is 0 Å². The average molecular weight is 294 g/mol. The lowest BCUT2D eigenvalue weighted by atomic mass is 9.98. The number of nitrogens with zero attached hydrogens (tertiary/aromatic N) is 3. The standard InChI is InChI=1S/C16H24ClN3/c1-3-6-13-7-4-5-10-20(13)16-11(2)14(17)18-15(19-16)12-8-9-12/h12-13H,3-10H2,1-2H3. The molecule has 4 heteroatoms. The molecule has 0 radical (unpaired) electrons. The van der Waals surface area contributed by atoms with E-state index in [1.807, 2.05) is 0 Å². The first-order valence-corrected chi connectivity index (χ1v) is 8.39. The van der Waals surface area contributed by atoms with E-state index >= 15 is 0 Å². The van der Waals surface area contributed by atoms with Crippen LogP contribution in [0.25, 0.3) is 0 Å². The van der Waals surface area contributed by atoms with E-state index < -0.39 is 0 Å². The van der Waals surface area contributed by atoms with E-state index in [1.165, 1.54) is 44.9 Å². The highest BCUT2D eigenvalue weighted by molar-refractivity contribution is 6.30. The molecule has 1 aromatic rings. The summed E-state index contributed by atoms with van der Waals surface area (Å²) in [4.78, 5) is 11.9. The zero-order chi connectivity index (χ0) is 14.1. The Morgan fingerprint density at radius 1 is 1.20 bits per heavy atom. The van der Waals surface area contributed by atoms with Crippen LogP contribution in [0.4, 0.5) is 5.82 Å². The monoisotopic (exact) mass is 293 g/mol. The van der Waals surface area contributed by atoms with Crippen LogP contribution in [0.15, 0.2) is 0 Å². The molecule has 3 nitrogen and oxygen atoms in total. The molecule has 1 aliphatic carbocycles. The summed E-state index contributed by atoms with van der Waals surface area (Å²) in [5.41, 5.74) is 1.05. The molecule has 0 amide bonds. The first-order chi connectivity index (χ1) is 9.70. The normalized spacial score (nSPS) is 23.1. The fourth-order valence-corrected chi connectivity index (χ4v) is 3.38. The smallest absolute Gasteiger partial charge is 0.137 e. The van der Waals surface area contributed by atoms with Crippen LogP contribution in [-0.2, 0) is 0 Å². The van der Waals surface area contributed by atoms with Crippen molar-refractivity contribution in [2.45, 2.75) is 70.8 Å². The Morgan fingerprint density at radius 2 is 2.00 bits per heavy atom. The lowest BCUT2D eigenvalue weighted by Gasteiger charge is -2.37. The molecule has 0 aromatic carbocycles. The van der Waals surface area contributed by atoms with Crippen LogP contribution in [0.2, 0.25) is 5.15 Å². The minimum atomic E-state index is 0.557. The number of piperidine rings is 1. The van der Waals surface area contributed by atoms with Gasteiger partial charge in [-0.3, -0.25) is 0 Å². The van der Waals surface area contributed by atoms with E-state index in [0.29, 0.717) is 17.1 Å². The number of halogens is 1. The molecule has 0 bridgehead atoms. The number of rotatable bonds is 4. The van der Waals surface area contributed by atoms with Crippen molar-refractivity contribution in [1.29, 1.82) is 0 Å². The lowest BCUT2D eigenvalue weighted by Crippen LogP contribution is -2.40.